The van der Waals surface area contributed by atoms with Crippen molar-refractivity contribution in [1.82, 2.24) is 25.2 Å². The van der Waals surface area contributed by atoms with Crippen LogP contribution in [0.25, 0.3) is 33.3 Å². The predicted octanol–water partition coefficient (Wildman–Crippen LogP) is 5.41. The molecule has 0 radical (unpaired) electrons. The molecule has 13 heteroatoms. The number of hydrazine groups is 1. The van der Waals surface area contributed by atoms with Crippen LogP contribution in [0.15, 0.2) is 60.7 Å². The van der Waals surface area contributed by atoms with E-state index in [0.717, 1.165) is 52.5 Å². The molecule has 1 aromatic heterocycles. The number of carbonyl (C=O) groups excluding carboxylic acids is 4. The lowest BCUT2D eigenvalue weighted by molar-refractivity contribution is -0.148. The number of nitrogens with two attached hydrogens (primary N) is 1. The lowest BCUT2D eigenvalue weighted by Gasteiger charge is -2.42. The molecule has 5 N–H and O–H groups in total. The number of carbonyl (C=O) groups is 4. The van der Waals surface area contributed by atoms with Crippen LogP contribution in [0.2, 0.25) is 0 Å². The standard InChI is InChI=1S/C48H64N6O7/c1-8-53-41-15-14-34-26-38(41)39(44(53)37-13-10-9-12-33(37)17-21-60-7)27-47(4,5)29-61-30-48(28-55)18-11-20-54(51-48)46(59)40(24-32-22-35(34)25-36(56)23-32)50-45(58)43(31(2)3)52(6)42(57)16-19-49/h9-10,12-15,22-23,25-26,28,31,40,43,51,56H,8,11,16-21,24,27,29-30,49H2,1-7H3,(H,50,58)/t40-,43-,48-/m0/s1. The maximum Gasteiger partial charge on any atom is 0.259 e. The van der Waals surface area contributed by atoms with Gasteiger partial charge in [-0.05, 0) is 96.0 Å². The highest BCUT2D eigenvalue weighted by atomic mass is 16.5. The Balaban J connectivity index is 1.51. The molecule has 3 aromatic carbocycles. The monoisotopic (exact) mass is 836 g/mol. The van der Waals surface area contributed by atoms with Crippen molar-refractivity contribution < 1.29 is 33.8 Å². The van der Waals surface area contributed by atoms with E-state index in [1.54, 1.807) is 26.3 Å². The second-order valence-electron chi connectivity index (χ2n) is 17.9. The SMILES string of the molecule is CCn1c(-c2ccccc2CCOC)c2c3cc(ccc31)-c1cc(O)cc(c1)C[C@H](NC(=O)[C@H](C(C)C)N(C)C(=O)CCN)C(=O)N1CCC[C@](C=O)(COCC(C)(C)C2)N1. The van der Waals surface area contributed by atoms with E-state index in [-0.39, 0.29) is 43.6 Å². The number of aryl methyl sites for hydroxylation is 1. The van der Waals surface area contributed by atoms with E-state index in [4.69, 9.17) is 15.2 Å². The molecule has 328 valence electrons. The summed E-state index contributed by atoms with van der Waals surface area (Å²) in [5.74, 6) is -1.49. The largest absolute Gasteiger partial charge is 0.508 e. The van der Waals surface area contributed by atoms with Gasteiger partial charge in [-0.1, -0.05) is 64.1 Å². The summed E-state index contributed by atoms with van der Waals surface area (Å²) < 4.78 is 14.4. The van der Waals surface area contributed by atoms with Gasteiger partial charge in [-0.25, -0.2) is 5.43 Å². The molecule has 13 nitrogen and oxygen atoms in total. The van der Waals surface area contributed by atoms with Gasteiger partial charge in [0.2, 0.25) is 11.8 Å². The van der Waals surface area contributed by atoms with Crippen LogP contribution in [0, 0.1) is 11.3 Å². The van der Waals surface area contributed by atoms with Crippen molar-refractivity contribution in [2.24, 2.45) is 17.1 Å². The summed E-state index contributed by atoms with van der Waals surface area (Å²) in [6.07, 6.45) is 3.32. The van der Waals surface area contributed by atoms with Gasteiger partial charge in [-0.2, -0.15) is 0 Å². The van der Waals surface area contributed by atoms with Crippen molar-refractivity contribution in [1.29, 1.82) is 0 Å². The van der Waals surface area contributed by atoms with Gasteiger partial charge < -0.3 is 39.9 Å². The fourth-order valence-electron chi connectivity index (χ4n) is 9.18. The Morgan fingerprint density at radius 3 is 2.59 bits per heavy atom. The van der Waals surface area contributed by atoms with E-state index in [1.165, 1.54) is 21.0 Å². The van der Waals surface area contributed by atoms with Gasteiger partial charge in [0, 0.05) is 63.1 Å². The number of hydrogen-bond donors (Lipinski definition) is 4. The number of aromatic nitrogens is 1. The van der Waals surface area contributed by atoms with Crippen LogP contribution >= 0.6 is 0 Å². The van der Waals surface area contributed by atoms with E-state index in [2.05, 4.69) is 78.5 Å². The molecule has 3 amide bonds. The van der Waals surface area contributed by atoms with Crippen molar-refractivity contribution in [2.45, 2.75) is 97.3 Å². The number of benzene rings is 3. The third-order valence-corrected chi connectivity index (χ3v) is 12.1. The molecule has 2 aliphatic heterocycles. The molecule has 3 heterocycles. The van der Waals surface area contributed by atoms with Crippen LogP contribution in [0.5, 0.6) is 5.75 Å². The lowest BCUT2D eigenvalue weighted by atomic mass is 9.83. The minimum Gasteiger partial charge on any atom is -0.508 e. The predicted molar refractivity (Wildman–Crippen MR) is 238 cm³/mol. The Kier molecular flexibility index (Phi) is 14.4. The summed E-state index contributed by atoms with van der Waals surface area (Å²) in [7, 11) is 3.29. The van der Waals surface area contributed by atoms with Crippen LogP contribution in [0.1, 0.15) is 70.6 Å². The molecule has 0 unspecified atom stereocenters. The van der Waals surface area contributed by atoms with Gasteiger partial charge in [-0.3, -0.25) is 19.4 Å². The first-order valence-corrected chi connectivity index (χ1v) is 21.6. The zero-order chi connectivity index (χ0) is 44.1. The fourth-order valence-corrected chi connectivity index (χ4v) is 9.18. The molecule has 4 aromatic rings. The van der Waals surface area contributed by atoms with E-state index in [1.807, 2.05) is 19.9 Å². The summed E-state index contributed by atoms with van der Waals surface area (Å²) in [4.78, 5) is 56.2. The maximum atomic E-state index is 14.7. The molecule has 0 aliphatic carbocycles. The topological polar surface area (TPSA) is 168 Å². The van der Waals surface area contributed by atoms with Gasteiger partial charge in [0.15, 0.2) is 0 Å². The zero-order valence-corrected chi connectivity index (χ0v) is 36.9. The van der Waals surface area contributed by atoms with Crippen LogP contribution in [-0.4, -0.2) is 108 Å². The maximum absolute atomic E-state index is 14.7. The van der Waals surface area contributed by atoms with E-state index in [9.17, 15) is 24.3 Å². The Morgan fingerprint density at radius 1 is 1.11 bits per heavy atom. The first-order chi connectivity index (χ1) is 29.1. The van der Waals surface area contributed by atoms with Gasteiger partial charge in [0.1, 0.15) is 29.7 Å². The Labute approximate surface area is 359 Å². The van der Waals surface area contributed by atoms with Crippen molar-refractivity contribution in [2.75, 3.05) is 47.1 Å². The first kappa shape index (κ1) is 45.4. The van der Waals surface area contributed by atoms with Crippen LogP contribution in [0.3, 0.4) is 0 Å². The summed E-state index contributed by atoms with van der Waals surface area (Å²) in [6, 6.07) is 18.1. The lowest BCUT2D eigenvalue weighted by Crippen LogP contribution is -2.66. The number of aromatic hydroxyl groups is 1. The van der Waals surface area contributed by atoms with Crippen LogP contribution in [0.4, 0.5) is 0 Å². The number of phenolic OH excluding ortho intramolecular Hbond substituents is 1. The second kappa shape index (κ2) is 19.3. The normalized spacial score (nSPS) is 20.0. The zero-order valence-electron chi connectivity index (χ0n) is 36.9. The average Bonchev–Trinajstić information content (AvgIpc) is 3.53. The highest BCUT2D eigenvalue weighted by molar-refractivity contribution is 5.96. The number of nitrogens with one attached hydrogen (secondary N) is 2. The Hall–Kier alpha value is -5.08. The van der Waals surface area contributed by atoms with Crippen molar-refractivity contribution in [3.63, 3.8) is 0 Å². The molecule has 6 rings (SSSR count). The molecular weight excluding hydrogens is 773 g/mol. The molecule has 0 saturated carbocycles. The Bertz CT molecular complexity index is 2230. The minimum absolute atomic E-state index is 0.0140. The molecule has 2 aliphatic rings. The van der Waals surface area contributed by atoms with Gasteiger partial charge in [0.05, 0.1) is 25.5 Å². The number of ether oxygens (including phenoxy) is 2. The number of fused-ring (bicyclic) bond motifs is 6. The number of hydrogen-bond acceptors (Lipinski definition) is 9. The molecule has 1 fully saturated rings. The summed E-state index contributed by atoms with van der Waals surface area (Å²) in [5.41, 5.74) is 15.3. The number of nitrogens with zero attached hydrogens (tertiary/aromatic N) is 3. The molecule has 1 saturated heterocycles. The van der Waals surface area contributed by atoms with Gasteiger partial charge >= 0.3 is 0 Å². The quantitative estimate of drug-likeness (QED) is 0.136. The van der Waals surface area contributed by atoms with Crippen LogP contribution < -0.4 is 16.5 Å². The van der Waals surface area contributed by atoms with Gasteiger partial charge in [-0.15, -0.1) is 0 Å². The molecule has 3 atom stereocenters. The third-order valence-electron chi connectivity index (χ3n) is 12.1. The number of aldehydes is 1. The minimum atomic E-state index is -1.18. The number of rotatable bonds is 12. The summed E-state index contributed by atoms with van der Waals surface area (Å²) >= 11 is 0. The highest BCUT2D eigenvalue weighted by Gasteiger charge is 2.41. The van der Waals surface area contributed by atoms with Crippen molar-refractivity contribution >= 4 is 34.9 Å². The summed E-state index contributed by atoms with van der Waals surface area (Å²) in [5, 5.41) is 16.7. The third kappa shape index (κ3) is 10.0. The van der Waals surface area contributed by atoms with E-state index < -0.39 is 34.9 Å². The number of methoxy groups -OCH3 is 1. The number of phenols is 1. The van der Waals surface area contributed by atoms with E-state index in [0.29, 0.717) is 44.6 Å². The van der Waals surface area contributed by atoms with Crippen molar-refractivity contribution in [3.05, 3.63) is 77.4 Å². The Morgan fingerprint density at radius 2 is 1.89 bits per heavy atom. The highest BCUT2D eigenvalue weighted by Crippen LogP contribution is 2.41. The molecule has 0 spiro atoms. The first-order valence-electron chi connectivity index (χ1n) is 21.6. The number of likely N-dealkylation sites (N-methyl/N-ethyl adjacent to an activating group) is 1. The van der Waals surface area contributed by atoms with Crippen LogP contribution in [-0.2, 0) is 54.5 Å². The van der Waals surface area contributed by atoms with Crippen molar-refractivity contribution in [3.8, 4) is 28.1 Å². The fraction of sp³-hybridized carbons (Fsp3) is 0.500. The average molecular weight is 837 g/mol. The molecule has 6 bridgehead atoms. The molecule has 61 heavy (non-hydrogen) atoms. The summed E-state index contributed by atoms with van der Waals surface area (Å²) in [6.45, 7) is 12.3. The van der Waals surface area contributed by atoms with E-state index >= 15 is 0 Å². The molecular formula is C48H64N6O7. The second-order valence-corrected chi connectivity index (χ2v) is 17.9. The smallest absolute Gasteiger partial charge is 0.259 e. The van der Waals surface area contributed by atoms with Gasteiger partial charge in [0.25, 0.3) is 5.91 Å². The number of amides is 3.